The summed E-state index contributed by atoms with van der Waals surface area (Å²) in [5.41, 5.74) is 3.04. The third-order valence-electron chi connectivity index (χ3n) is 4.87. The molecular weight excluding hydrogens is 351 g/mol. The van der Waals surface area contributed by atoms with Crippen molar-refractivity contribution in [1.82, 2.24) is 15.2 Å². The van der Waals surface area contributed by atoms with E-state index in [0.717, 1.165) is 38.0 Å². The number of likely N-dealkylation sites (tertiary alicyclic amines) is 1. The van der Waals surface area contributed by atoms with Crippen molar-refractivity contribution in [3.63, 3.8) is 0 Å². The third-order valence-corrected chi connectivity index (χ3v) is 4.87. The van der Waals surface area contributed by atoms with E-state index in [1.165, 1.54) is 5.56 Å². The van der Waals surface area contributed by atoms with Crippen LogP contribution in [0.25, 0.3) is 0 Å². The van der Waals surface area contributed by atoms with E-state index in [4.69, 9.17) is 9.90 Å². The molecule has 0 aromatic carbocycles. The molecule has 0 bridgehead atoms. The van der Waals surface area contributed by atoms with Crippen molar-refractivity contribution in [3.05, 3.63) is 29.1 Å². The Bertz CT molecular complexity index is 679. The highest BCUT2D eigenvalue weighted by Gasteiger charge is 2.38. The lowest BCUT2D eigenvalue weighted by atomic mass is 9.99. The van der Waals surface area contributed by atoms with E-state index in [2.05, 4.69) is 24.1 Å². The van der Waals surface area contributed by atoms with Crippen LogP contribution in [0.1, 0.15) is 41.9 Å². The number of nitrogens with zero attached hydrogens (tertiary/aromatic N) is 2. The monoisotopic (exact) mass is 373 g/mol. The van der Waals surface area contributed by atoms with Gasteiger partial charge in [0, 0.05) is 30.9 Å². The fraction of sp³-hybridized carbons (Fsp3) is 0.588. The van der Waals surface area contributed by atoms with Crippen molar-refractivity contribution in [2.24, 2.45) is 5.92 Å². The Morgan fingerprint density at radius 1 is 1.35 bits per heavy atom. The molecule has 2 N–H and O–H groups in total. The number of carboxylic acids is 1. The van der Waals surface area contributed by atoms with Crippen LogP contribution in [0.4, 0.5) is 13.2 Å². The highest BCUT2D eigenvalue weighted by atomic mass is 19.4. The maximum Gasteiger partial charge on any atom is 0.490 e. The van der Waals surface area contributed by atoms with Crippen LogP contribution in [0.3, 0.4) is 0 Å². The molecule has 2 unspecified atom stereocenters. The number of fused-ring (bicyclic) bond motifs is 1. The molecule has 2 aliphatic heterocycles. The number of carbonyl (C=O) groups is 2. The highest BCUT2D eigenvalue weighted by Crippen LogP contribution is 2.26. The number of hydrogen-bond acceptors (Lipinski definition) is 4. The van der Waals surface area contributed by atoms with Crippen LogP contribution in [-0.4, -0.2) is 52.2 Å². The second kappa shape index (κ2) is 8.03. The molecule has 0 aliphatic carbocycles. The molecule has 1 aromatic rings. The quantitative estimate of drug-likeness (QED) is 0.789. The third kappa shape index (κ3) is 4.51. The maximum atomic E-state index is 12.7. The van der Waals surface area contributed by atoms with Gasteiger partial charge in [-0.1, -0.05) is 6.92 Å². The first-order valence-corrected chi connectivity index (χ1v) is 8.41. The summed E-state index contributed by atoms with van der Waals surface area (Å²) in [6.07, 6.45) is -1.22. The van der Waals surface area contributed by atoms with E-state index < -0.39 is 12.1 Å². The van der Waals surface area contributed by atoms with Gasteiger partial charge in [-0.3, -0.25) is 9.78 Å². The molecule has 0 spiro atoms. The number of carbonyl (C=O) groups excluding carboxylic acids is 1. The van der Waals surface area contributed by atoms with Gasteiger partial charge in [-0.25, -0.2) is 4.79 Å². The standard InChI is InChI=1S/C15H21N3O.C2HF3O2/c1-10-5-8-18(11(10)2)15(19)14-13-9-16-6-3-12(13)4-7-17-14;3-2(4,5)1(6)7/h4,7,10-11,16H,3,5-6,8-9H2,1-2H3;(H,6,7). The number of alkyl halides is 3. The number of hydrogen-bond donors (Lipinski definition) is 2. The lowest BCUT2D eigenvalue weighted by Gasteiger charge is -2.26. The number of rotatable bonds is 1. The first kappa shape index (κ1) is 20.2. The van der Waals surface area contributed by atoms with Crippen LogP contribution in [0.15, 0.2) is 12.3 Å². The first-order valence-electron chi connectivity index (χ1n) is 8.41. The minimum atomic E-state index is -5.08. The van der Waals surface area contributed by atoms with E-state index in [-0.39, 0.29) is 5.91 Å². The molecule has 6 nitrogen and oxygen atoms in total. The summed E-state index contributed by atoms with van der Waals surface area (Å²) in [5.74, 6) is -2.06. The van der Waals surface area contributed by atoms with Crippen molar-refractivity contribution < 1.29 is 27.9 Å². The Kier molecular flexibility index (Phi) is 6.22. The largest absolute Gasteiger partial charge is 0.490 e. The van der Waals surface area contributed by atoms with Crippen LogP contribution in [-0.2, 0) is 17.8 Å². The van der Waals surface area contributed by atoms with E-state index in [1.807, 2.05) is 11.0 Å². The van der Waals surface area contributed by atoms with E-state index in [1.54, 1.807) is 6.20 Å². The molecule has 2 atom stereocenters. The fourth-order valence-electron chi connectivity index (χ4n) is 3.10. The first-order chi connectivity index (χ1) is 12.1. The summed E-state index contributed by atoms with van der Waals surface area (Å²) in [7, 11) is 0. The van der Waals surface area contributed by atoms with Gasteiger partial charge in [-0.2, -0.15) is 13.2 Å². The summed E-state index contributed by atoms with van der Waals surface area (Å²) < 4.78 is 31.7. The summed E-state index contributed by atoms with van der Waals surface area (Å²) >= 11 is 0. The maximum absolute atomic E-state index is 12.7. The number of carboxylic acid groups (broad SMARTS) is 1. The number of nitrogens with one attached hydrogen (secondary N) is 1. The smallest absolute Gasteiger partial charge is 0.475 e. The zero-order chi connectivity index (χ0) is 19.5. The molecule has 1 amide bonds. The summed E-state index contributed by atoms with van der Waals surface area (Å²) in [6.45, 7) is 6.97. The lowest BCUT2D eigenvalue weighted by molar-refractivity contribution is -0.192. The molecule has 3 rings (SSSR count). The van der Waals surface area contributed by atoms with Gasteiger partial charge in [0.2, 0.25) is 0 Å². The van der Waals surface area contributed by atoms with Crippen LogP contribution >= 0.6 is 0 Å². The molecule has 144 valence electrons. The Morgan fingerprint density at radius 2 is 2.00 bits per heavy atom. The topological polar surface area (TPSA) is 82.5 Å². The van der Waals surface area contributed by atoms with E-state index in [9.17, 15) is 18.0 Å². The predicted octanol–water partition coefficient (Wildman–Crippen LogP) is 2.23. The van der Waals surface area contributed by atoms with Crippen molar-refractivity contribution in [3.8, 4) is 0 Å². The van der Waals surface area contributed by atoms with Crippen molar-refractivity contribution >= 4 is 11.9 Å². The Morgan fingerprint density at radius 3 is 2.54 bits per heavy atom. The second-order valence-corrected chi connectivity index (χ2v) is 6.53. The lowest BCUT2D eigenvalue weighted by Crippen LogP contribution is -2.37. The molecule has 3 heterocycles. The molecule has 0 radical (unpaired) electrons. The van der Waals surface area contributed by atoms with Crippen molar-refractivity contribution in [1.29, 1.82) is 0 Å². The second-order valence-electron chi connectivity index (χ2n) is 6.53. The zero-order valence-electron chi connectivity index (χ0n) is 14.6. The van der Waals surface area contributed by atoms with Gasteiger partial charge in [-0.05, 0) is 43.9 Å². The number of aliphatic carboxylic acids is 1. The minimum Gasteiger partial charge on any atom is -0.475 e. The average molecular weight is 373 g/mol. The summed E-state index contributed by atoms with van der Waals surface area (Å²) in [6, 6.07) is 2.37. The van der Waals surface area contributed by atoms with Gasteiger partial charge in [0.05, 0.1) is 0 Å². The number of halogens is 3. The van der Waals surface area contributed by atoms with Crippen molar-refractivity contribution in [2.45, 2.75) is 45.5 Å². The molecule has 1 fully saturated rings. The van der Waals surface area contributed by atoms with E-state index >= 15 is 0 Å². The van der Waals surface area contributed by atoms with Gasteiger partial charge in [0.15, 0.2) is 0 Å². The molecule has 26 heavy (non-hydrogen) atoms. The fourth-order valence-corrected chi connectivity index (χ4v) is 3.10. The molecular formula is C17H22F3N3O3. The van der Waals surface area contributed by atoms with Gasteiger partial charge in [0.1, 0.15) is 5.69 Å². The SMILES string of the molecule is CC1CCN(C(=O)c2nccc3c2CNCC3)C1C.O=C(O)C(F)(F)F. The molecule has 1 aromatic heterocycles. The Hall–Kier alpha value is -2.16. The van der Waals surface area contributed by atoms with Gasteiger partial charge in [-0.15, -0.1) is 0 Å². The van der Waals surface area contributed by atoms with Crippen LogP contribution < -0.4 is 5.32 Å². The number of pyridine rings is 1. The molecule has 2 aliphatic rings. The van der Waals surface area contributed by atoms with Gasteiger partial charge < -0.3 is 15.3 Å². The van der Waals surface area contributed by atoms with Crippen LogP contribution in [0.2, 0.25) is 0 Å². The Balaban J connectivity index is 0.000000298. The van der Waals surface area contributed by atoms with E-state index in [0.29, 0.717) is 17.7 Å². The number of amides is 1. The minimum absolute atomic E-state index is 0.109. The normalized spacial score (nSPS) is 22.3. The predicted molar refractivity (Wildman–Crippen MR) is 87.6 cm³/mol. The molecule has 9 heteroatoms. The number of aromatic nitrogens is 1. The van der Waals surface area contributed by atoms with Gasteiger partial charge in [0.25, 0.3) is 5.91 Å². The summed E-state index contributed by atoms with van der Waals surface area (Å²) in [4.78, 5) is 28.0. The Labute approximate surface area is 149 Å². The summed E-state index contributed by atoms with van der Waals surface area (Å²) in [5, 5.41) is 10.5. The molecule has 1 saturated heterocycles. The average Bonchev–Trinajstić information content (AvgIpc) is 2.93. The highest BCUT2D eigenvalue weighted by molar-refractivity contribution is 5.94. The van der Waals surface area contributed by atoms with Crippen LogP contribution in [0.5, 0.6) is 0 Å². The van der Waals surface area contributed by atoms with Crippen molar-refractivity contribution in [2.75, 3.05) is 13.1 Å². The zero-order valence-corrected chi connectivity index (χ0v) is 14.6. The molecule has 0 saturated carbocycles. The van der Waals surface area contributed by atoms with Gasteiger partial charge >= 0.3 is 12.1 Å². The van der Waals surface area contributed by atoms with Crippen LogP contribution in [0, 0.1) is 5.92 Å².